The normalized spacial score (nSPS) is 14.2. The second-order valence-electron chi connectivity index (χ2n) is 5.84. The number of ketones is 1. The molecule has 0 radical (unpaired) electrons. The van der Waals surface area contributed by atoms with Gasteiger partial charge in [-0.25, -0.2) is 4.39 Å². The van der Waals surface area contributed by atoms with Crippen molar-refractivity contribution in [2.75, 3.05) is 37.6 Å². The Bertz CT molecular complexity index is 802. The van der Waals surface area contributed by atoms with Crippen LogP contribution in [0.1, 0.15) is 9.67 Å². The summed E-state index contributed by atoms with van der Waals surface area (Å²) in [6, 6.07) is 9.60. The summed E-state index contributed by atoms with van der Waals surface area (Å²) >= 11 is 1.18. The van der Waals surface area contributed by atoms with Crippen LogP contribution in [0, 0.1) is 5.82 Å². The quantitative estimate of drug-likeness (QED) is 0.636. The lowest BCUT2D eigenvalue weighted by molar-refractivity contribution is -0.132. The van der Waals surface area contributed by atoms with Gasteiger partial charge in [0.05, 0.1) is 11.4 Å². The fourth-order valence-electron chi connectivity index (χ4n) is 2.75. The van der Waals surface area contributed by atoms with Gasteiger partial charge in [0, 0.05) is 31.9 Å². The third-order valence-corrected chi connectivity index (χ3v) is 5.03. The van der Waals surface area contributed by atoms with E-state index in [0.29, 0.717) is 31.1 Å². The zero-order valence-electron chi connectivity index (χ0n) is 14.0. The third-order valence-electron chi connectivity index (χ3n) is 4.16. The van der Waals surface area contributed by atoms with Crippen LogP contribution in [0.2, 0.25) is 0 Å². The van der Waals surface area contributed by atoms with Gasteiger partial charge in [-0.3, -0.25) is 14.4 Å². The van der Waals surface area contributed by atoms with Gasteiger partial charge < -0.3 is 15.1 Å². The van der Waals surface area contributed by atoms with E-state index in [9.17, 15) is 18.8 Å². The molecule has 0 aliphatic carbocycles. The Hall–Kier alpha value is -2.74. The van der Waals surface area contributed by atoms with Crippen LogP contribution >= 0.6 is 11.3 Å². The number of rotatable bonds is 5. The molecule has 136 valence electrons. The molecule has 1 aliphatic rings. The average Bonchev–Trinajstić information content (AvgIpc) is 3.20. The van der Waals surface area contributed by atoms with Crippen LogP contribution in [-0.4, -0.2) is 55.2 Å². The lowest BCUT2D eigenvalue weighted by Crippen LogP contribution is -2.51. The Labute approximate surface area is 154 Å². The number of halogens is 1. The summed E-state index contributed by atoms with van der Waals surface area (Å²) in [6.45, 7) is 1.90. The topological polar surface area (TPSA) is 69.7 Å². The summed E-state index contributed by atoms with van der Waals surface area (Å²) in [7, 11) is 0. The van der Waals surface area contributed by atoms with E-state index in [2.05, 4.69) is 5.32 Å². The van der Waals surface area contributed by atoms with E-state index < -0.39 is 11.7 Å². The van der Waals surface area contributed by atoms with Gasteiger partial charge in [-0.2, -0.15) is 0 Å². The first-order chi connectivity index (χ1) is 12.5. The van der Waals surface area contributed by atoms with Crippen LogP contribution < -0.4 is 10.2 Å². The van der Waals surface area contributed by atoms with Gasteiger partial charge in [-0.05, 0) is 29.6 Å². The van der Waals surface area contributed by atoms with Gasteiger partial charge in [0.1, 0.15) is 5.82 Å². The molecule has 0 saturated carbocycles. The highest BCUT2D eigenvalue weighted by Gasteiger charge is 2.23. The van der Waals surface area contributed by atoms with Gasteiger partial charge in [-0.15, -0.1) is 11.3 Å². The number of piperazine rings is 1. The van der Waals surface area contributed by atoms with E-state index in [1.165, 1.54) is 23.5 Å². The predicted molar refractivity (Wildman–Crippen MR) is 96.9 cm³/mol. The first kappa shape index (κ1) is 18.1. The number of carbonyl (C=O) groups excluding carboxylic acids is 3. The van der Waals surface area contributed by atoms with E-state index in [0.717, 1.165) is 5.69 Å². The van der Waals surface area contributed by atoms with Gasteiger partial charge in [-0.1, -0.05) is 12.1 Å². The fraction of sp³-hybridized carbons (Fsp3) is 0.278. The van der Waals surface area contributed by atoms with Gasteiger partial charge >= 0.3 is 0 Å². The summed E-state index contributed by atoms with van der Waals surface area (Å²) < 4.78 is 13.3. The number of nitrogens with zero attached hydrogens (tertiary/aromatic N) is 2. The maximum Gasteiger partial charge on any atom is 0.293 e. The number of amides is 2. The highest BCUT2D eigenvalue weighted by Crippen LogP contribution is 2.17. The molecule has 0 atom stereocenters. The molecule has 2 heterocycles. The van der Waals surface area contributed by atoms with Crippen LogP contribution in [0.5, 0.6) is 0 Å². The number of hydrogen-bond donors (Lipinski definition) is 1. The molecular formula is C18H18FN3O3S. The summed E-state index contributed by atoms with van der Waals surface area (Å²) in [6.07, 6.45) is 0. The van der Waals surface area contributed by atoms with E-state index in [4.69, 9.17) is 0 Å². The molecule has 1 aromatic carbocycles. The molecule has 2 amide bonds. The smallest absolute Gasteiger partial charge is 0.293 e. The molecule has 0 spiro atoms. The highest BCUT2D eigenvalue weighted by atomic mass is 32.1. The lowest BCUT2D eigenvalue weighted by atomic mass is 10.2. The minimum Gasteiger partial charge on any atom is -0.368 e. The number of carbonyl (C=O) groups is 3. The van der Waals surface area contributed by atoms with Crippen molar-refractivity contribution >= 4 is 34.6 Å². The molecule has 3 rings (SSSR count). The Morgan fingerprint density at radius 1 is 1.08 bits per heavy atom. The zero-order chi connectivity index (χ0) is 18.5. The van der Waals surface area contributed by atoms with Crippen molar-refractivity contribution in [1.82, 2.24) is 10.2 Å². The molecule has 2 aromatic rings. The van der Waals surface area contributed by atoms with Gasteiger partial charge in [0.25, 0.3) is 11.7 Å². The number of hydrogen-bond acceptors (Lipinski definition) is 5. The molecule has 26 heavy (non-hydrogen) atoms. The van der Waals surface area contributed by atoms with E-state index >= 15 is 0 Å². The predicted octanol–water partition coefficient (Wildman–Crippen LogP) is 1.53. The zero-order valence-corrected chi connectivity index (χ0v) is 14.8. The lowest BCUT2D eigenvalue weighted by Gasteiger charge is -2.36. The van der Waals surface area contributed by atoms with Crippen molar-refractivity contribution in [2.45, 2.75) is 0 Å². The van der Waals surface area contributed by atoms with Crippen LogP contribution in [0.4, 0.5) is 10.1 Å². The molecule has 0 unspecified atom stereocenters. The standard InChI is InChI=1S/C18H18FN3O3S/c19-13-3-1-4-14(11-13)21-6-8-22(9-7-21)16(23)12-20-18(25)17(24)15-5-2-10-26-15/h1-5,10-11H,6-9,12H2,(H,20,25). The summed E-state index contributed by atoms with van der Waals surface area (Å²) in [4.78, 5) is 39.9. The van der Waals surface area contributed by atoms with Crippen LogP contribution in [0.3, 0.4) is 0 Å². The maximum absolute atomic E-state index is 13.3. The van der Waals surface area contributed by atoms with Crippen LogP contribution in [0.15, 0.2) is 41.8 Å². The molecule has 1 fully saturated rings. The van der Waals surface area contributed by atoms with Crippen molar-refractivity contribution in [3.8, 4) is 0 Å². The molecule has 8 heteroatoms. The second kappa shape index (κ2) is 8.09. The monoisotopic (exact) mass is 375 g/mol. The van der Waals surface area contributed by atoms with Gasteiger partial charge in [0.2, 0.25) is 5.91 Å². The van der Waals surface area contributed by atoms with Crippen molar-refractivity contribution in [3.05, 3.63) is 52.5 Å². The van der Waals surface area contributed by atoms with Crippen molar-refractivity contribution in [3.63, 3.8) is 0 Å². The summed E-state index contributed by atoms with van der Waals surface area (Å²) in [5.74, 6) is -1.95. The first-order valence-corrected chi connectivity index (χ1v) is 9.07. The van der Waals surface area contributed by atoms with Crippen LogP contribution in [0.25, 0.3) is 0 Å². The molecule has 1 aliphatic heterocycles. The Morgan fingerprint density at radius 2 is 1.85 bits per heavy atom. The van der Waals surface area contributed by atoms with E-state index in [-0.39, 0.29) is 18.3 Å². The van der Waals surface area contributed by atoms with Crippen molar-refractivity contribution in [1.29, 1.82) is 0 Å². The fourth-order valence-corrected chi connectivity index (χ4v) is 3.42. The number of benzene rings is 1. The van der Waals surface area contributed by atoms with Gasteiger partial charge in [0.15, 0.2) is 0 Å². The molecule has 1 saturated heterocycles. The maximum atomic E-state index is 13.3. The Balaban J connectivity index is 1.46. The third kappa shape index (κ3) is 4.26. The number of anilines is 1. The number of Topliss-reactive ketones (excluding diaryl/α,β-unsaturated/α-hetero) is 1. The molecule has 1 N–H and O–H groups in total. The minimum absolute atomic E-state index is 0.212. The SMILES string of the molecule is O=C(NCC(=O)N1CCN(c2cccc(F)c2)CC1)C(=O)c1cccs1. The van der Waals surface area contributed by atoms with E-state index in [1.807, 2.05) is 11.0 Å². The van der Waals surface area contributed by atoms with Crippen LogP contribution in [-0.2, 0) is 9.59 Å². The summed E-state index contributed by atoms with van der Waals surface area (Å²) in [5.41, 5.74) is 0.784. The van der Waals surface area contributed by atoms with Crippen molar-refractivity contribution in [2.24, 2.45) is 0 Å². The average molecular weight is 375 g/mol. The number of nitrogens with one attached hydrogen (secondary N) is 1. The minimum atomic E-state index is -0.779. The Morgan fingerprint density at radius 3 is 2.50 bits per heavy atom. The second-order valence-corrected chi connectivity index (χ2v) is 6.78. The first-order valence-electron chi connectivity index (χ1n) is 8.19. The highest BCUT2D eigenvalue weighted by molar-refractivity contribution is 7.13. The summed E-state index contributed by atoms with van der Waals surface area (Å²) in [5, 5.41) is 4.09. The molecule has 1 aromatic heterocycles. The number of thiophene rings is 1. The molecule has 6 nitrogen and oxygen atoms in total. The van der Waals surface area contributed by atoms with Crippen molar-refractivity contribution < 1.29 is 18.8 Å². The van der Waals surface area contributed by atoms with E-state index in [1.54, 1.807) is 28.5 Å². The largest absolute Gasteiger partial charge is 0.368 e. The molecule has 0 bridgehead atoms. The Kier molecular flexibility index (Phi) is 5.62. The molecular weight excluding hydrogens is 357 g/mol.